The molecule has 2 N–H and O–H groups in total. The number of likely N-dealkylation sites (N-methyl/N-ethyl adjacent to an activating group) is 1. The van der Waals surface area contributed by atoms with Crippen molar-refractivity contribution >= 4 is 12.4 Å². The van der Waals surface area contributed by atoms with Gasteiger partial charge in [0, 0.05) is 10.2 Å². The van der Waals surface area contributed by atoms with Gasteiger partial charge in [-0.25, -0.2) is 0 Å². The second kappa shape index (κ2) is 5.97. The zero-order valence-electron chi connectivity index (χ0n) is 10.4. The summed E-state index contributed by atoms with van der Waals surface area (Å²) in [6.45, 7) is -0.584. The maximum Gasteiger partial charge on any atom is 0.0940 e. The number of nitrogens with one attached hydrogen (secondary N) is 1. The van der Waals surface area contributed by atoms with Crippen molar-refractivity contribution in [2.45, 2.75) is 19.1 Å². The van der Waals surface area contributed by atoms with Crippen molar-refractivity contribution in [3.05, 3.63) is 35.9 Å². The first kappa shape index (κ1) is 7.80. The van der Waals surface area contributed by atoms with E-state index in [2.05, 4.69) is 5.32 Å². The Balaban J connectivity index is 0.00000225. The predicted molar refractivity (Wildman–Crippen MR) is 57.2 cm³/mol. The lowest BCUT2D eigenvalue weighted by molar-refractivity contribution is 0.140. The van der Waals surface area contributed by atoms with Gasteiger partial charge in [-0.15, -0.1) is 12.4 Å². The molecule has 0 radical (unpaired) electrons. The summed E-state index contributed by atoms with van der Waals surface area (Å²) in [5, 5.41) is 12.2. The summed E-state index contributed by atoms with van der Waals surface area (Å²) in [5.74, 6) is 0. The van der Waals surface area contributed by atoms with Gasteiger partial charge in [0.1, 0.15) is 0 Å². The van der Waals surface area contributed by atoms with Gasteiger partial charge in [0.2, 0.25) is 0 Å². The second-order valence-electron chi connectivity index (χ2n) is 2.79. The molecule has 0 aliphatic heterocycles. The summed E-state index contributed by atoms with van der Waals surface area (Å²) in [5.41, 5.74) is 0.710. The van der Waals surface area contributed by atoms with Crippen LogP contribution in [-0.2, 0) is 0 Å². The Bertz CT molecular complexity index is 305. The van der Waals surface area contributed by atoms with E-state index in [1.54, 1.807) is 31.2 Å². The molecule has 3 heteroatoms. The van der Waals surface area contributed by atoms with E-state index in [1.807, 2.05) is 6.07 Å². The summed E-state index contributed by atoms with van der Waals surface area (Å²) >= 11 is 0. The summed E-state index contributed by atoms with van der Waals surface area (Å²) < 4.78 is 21.1. The van der Waals surface area contributed by atoms with E-state index in [-0.39, 0.29) is 12.4 Å². The van der Waals surface area contributed by atoms with Gasteiger partial charge in [0.15, 0.2) is 0 Å². The summed E-state index contributed by atoms with van der Waals surface area (Å²) in [6, 6.07) is 8.48. The first-order chi connectivity index (χ1) is 6.90. The lowest BCUT2D eigenvalue weighted by Gasteiger charge is -2.17. The van der Waals surface area contributed by atoms with Crippen molar-refractivity contribution in [1.82, 2.24) is 5.32 Å². The highest BCUT2D eigenvalue weighted by Gasteiger charge is 2.12. The molecule has 1 rings (SSSR count). The number of halogens is 1. The van der Waals surface area contributed by atoms with E-state index >= 15 is 0 Å². The van der Waals surface area contributed by atoms with Gasteiger partial charge in [0.25, 0.3) is 0 Å². The van der Waals surface area contributed by atoms with Crippen molar-refractivity contribution in [1.29, 1.82) is 0 Å². The van der Waals surface area contributed by atoms with E-state index in [0.29, 0.717) is 5.56 Å². The normalized spacial score (nSPS) is 18.8. The van der Waals surface area contributed by atoms with E-state index in [0.717, 1.165) is 0 Å². The highest BCUT2D eigenvalue weighted by atomic mass is 35.5. The maximum absolute atomic E-state index is 9.84. The van der Waals surface area contributed by atoms with Crippen LogP contribution in [0, 0.1) is 0 Å². The Morgan fingerprint density at radius 3 is 2.54 bits per heavy atom. The summed E-state index contributed by atoms with van der Waals surface area (Å²) in [7, 11) is 0. The number of hydrogen-bond acceptors (Lipinski definition) is 2. The largest absolute Gasteiger partial charge is 0.387 e. The van der Waals surface area contributed by atoms with Gasteiger partial charge < -0.3 is 10.4 Å². The lowest BCUT2D eigenvalue weighted by atomic mass is 10.0. The Labute approximate surface area is 89.6 Å². The zero-order chi connectivity index (χ0) is 11.5. The molecular formula is C10H16ClNO. The fourth-order valence-electron chi connectivity index (χ4n) is 1.02. The number of hydrogen-bond donors (Lipinski definition) is 2. The van der Waals surface area contributed by atoms with Crippen LogP contribution in [0.25, 0.3) is 0 Å². The third kappa shape index (κ3) is 3.35. The van der Waals surface area contributed by atoms with Crippen molar-refractivity contribution in [2.24, 2.45) is 0 Å². The molecule has 0 fully saturated rings. The molecule has 1 aromatic rings. The monoisotopic (exact) mass is 204 g/mol. The van der Waals surface area contributed by atoms with Crippen LogP contribution >= 0.6 is 12.4 Å². The number of rotatable bonds is 3. The lowest BCUT2D eigenvalue weighted by Crippen LogP contribution is -2.28. The molecule has 0 spiro atoms. The first-order valence-electron chi connectivity index (χ1n) is 5.41. The molecule has 13 heavy (non-hydrogen) atoms. The van der Waals surface area contributed by atoms with Crippen LogP contribution in [0.2, 0.25) is 0 Å². The standard InChI is InChI=1S/C10H15NO.ClH/c1-8(11-2)10(12)9-6-4-3-5-7-9;/h3-8,10-12H,1-2H3;1H/t8-,10-;/m1./s1/i2D3;. The van der Waals surface area contributed by atoms with Crippen LogP contribution in [0.5, 0.6) is 0 Å². The van der Waals surface area contributed by atoms with Gasteiger partial charge in [-0.1, -0.05) is 30.3 Å². The van der Waals surface area contributed by atoms with E-state index in [9.17, 15) is 5.11 Å². The van der Waals surface area contributed by atoms with Crippen molar-refractivity contribution in [3.63, 3.8) is 0 Å². The summed E-state index contributed by atoms with van der Waals surface area (Å²) in [4.78, 5) is 0. The fraction of sp³-hybridized carbons (Fsp3) is 0.400. The molecule has 0 saturated heterocycles. The number of benzene rings is 1. The van der Waals surface area contributed by atoms with Gasteiger partial charge in [-0.2, -0.15) is 0 Å². The average molecular weight is 205 g/mol. The maximum atomic E-state index is 9.84. The smallest absolute Gasteiger partial charge is 0.0940 e. The number of aliphatic hydroxyl groups excluding tert-OH is 1. The third-order valence-corrected chi connectivity index (χ3v) is 1.84. The van der Waals surface area contributed by atoms with E-state index in [4.69, 9.17) is 4.11 Å². The molecule has 1 aromatic carbocycles. The first-order valence-corrected chi connectivity index (χ1v) is 3.91. The van der Waals surface area contributed by atoms with E-state index < -0.39 is 19.1 Å². The Morgan fingerprint density at radius 2 is 2.00 bits per heavy atom. The molecule has 0 heterocycles. The topological polar surface area (TPSA) is 32.3 Å². The van der Waals surface area contributed by atoms with Crippen LogP contribution in [-0.4, -0.2) is 18.1 Å². The Hall–Kier alpha value is -0.570. The molecule has 0 aliphatic carbocycles. The predicted octanol–water partition coefficient (Wildman–Crippen LogP) is 1.75. The van der Waals surface area contributed by atoms with Crippen LogP contribution in [0.1, 0.15) is 22.7 Å². The Kier molecular flexibility index (Phi) is 3.58. The van der Waals surface area contributed by atoms with Gasteiger partial charge >= 0.3 is 0 Å². The van der Waals surface area contributed by atoms with Crippen molar-refractivity contribution in [2.75, 3.05) is 6.98 Å². The molecule has 0 aliphatic rings. The molecule has 0 bridgehead atoms. The molecule has 0 saturated carbocycles. The zero-order valence-corrected chi connectivity index (χ0v) is 8.21. The molecule has 2 nitrogen and oxygen atoms in total. The van der Waals surface area contributed by atoms with Crippen LogP contribution in [0.4, 0.5) is 0 Å². The van der Waals surface area contributed by atoms with Crippen molar-refractivity contribution < 1.29 is 9.22 Å². The minimum absolute atomic E-state index is 0. The van der Waals surface area contributed by atoms with Crippen molar-refractivity contribution in [3.8, 4) is 0 Å². The molecule has 2 atom stereocenters. The Morgan fingerprint density at radius 1 is 1.38 bits per heavy atom. The number of aliphatic hydroxyl groups is 1. The quantitative estimate of drug-likeness (QED) is 0.787. The van der Waals surface area contributed by atoms with Gasteiger partial charge in [0.05, 0.1) is 6.10 Å². The highest BCUT2D eigenvalue weighted by Crippen LogP contribution is 2.15. The van der Waals surface area contributed by atoms with Crippen LogP contribution in [0.3, 0.4) is 0 Å². The molecule has 0 unspecified atom stereocenters. The van der Waals surface area contributed by atoms with Gasteiger partial charge in [-0.3, -0.25) is 0 Å². The third-order valence-electron chi connectivity index (χ3n) is 1.84. The molecular weight excluding hydrogens is 186 g/mol. The van der Waals surface area contributed by atoms with E-state index in [1.165, 1.54) is 0 Å². The van der Waals surface area contributed by atoms with Crippen LogP contribution < -0.4 is 5.32 Å². The minimum Gasteiger partial charge on any atom is -0.387 e. The fourth-order valence-corrected chi connectivity index (χ4v) is 1.02. The average Bonchev–Trinajstić information content (AvgIpc) is 2.15. The summed E-state index contributed by atoms with van der Waals surface area (Å²) in [6.07, 6.45) is -0.813. The minimum atomic E-state index is -2.23. The molecule has 0 aromatic heterocycles. The highest BCUT2D eigenvalue weighted by molar-refractivity contribution is 5.85. The molecule has 74 valence electrons. The second-order valence-corrected chi connectivity index (χ2v) is 2.79. The van der Waals surface area contributed by atoms with Gasteiger partial charge in [-0.05, 0) is 19.5 Å². The van der Waals surface area contributed by atoms with Crippen LogP contribution in [0.15, 0.2) is 30.3 Å². The SMILES string of the molecule is Cl.[2H]C([2H])([2H])N[C@H](C)[C@@H](O)c1ccccc1. The molecule has 0 amide bonds.